The summed E-state index contributed by atoms with van der Waals surface area (Å²) in [6.45, 7) is 3.59. The van der Waals surface area contributed by atoms with Gasteiger partial charge in [0.05, 0.1) is 0 Å². The SMILES string of the molecule is Cc1ccc(O[C@@H](C)C(=O)O[C@H](C(=O)NC2CC2)c2ccccc2)cc1. The fraction of sp³-hybridized carbons (Fsp3) is 0.333. The second kappa shape index (κ2) is 8.04. The van der Waals surface area contributed by atoms with E-state index in [1.807, 2.05) is 37.3 Å². The number of ether oxygens (including phenoxy) is 2. The Bertz CT molecular complexity index is 753. The number of amides is 1. The van der Waals surface area contributed by atoms with Crippen LogP contribution in [-0.2, 0) is 14.3 Å². The predicted molar refractivity (Wildman–Crippen MR) is 97.7 cm³/mol. The summed E-state index contributed by atoms with van der Waals surface area (Å²) in [6.07, 6.45) is 0.133. The molecule has 1 aliphatic rings. The molecule has 1 N–H and O–H groups in total. The van der Waals surface area contributed by atoms with Gasteiger partial charge in [0.2, 0.25) is 6.10 Å². The highest BCUT2D eigenvalue weighted by Gasteiger charge is 2.32. The molecule has 0 radical (unpaired) electrons. The summed E-state index contributed by atoms with van der Waals surface area (Å²) in [5.74, 6) is -0.293. The lowest BCUT2D eigenvalue weighted by Crippen LogP contribution is -2.36. The quantitative estimate of drug-likeness (QED) is 0.776. The third kappa shape index (κ3) is 4.85. The van der Waals surface area contributed by atoms with E-state index in [1.165, 1.54) is 0 Å². The van der Waals surface area contributed by atoms with Crippen molar-refractivity contribution in [3.8, 4) is 5.75 Å². The fourth-order valence-corrected chi connectivity index (χ4v) is 2.49. The molecule has 0 aliphatic heterocycles. The van der Waals surface area contributed by atoms with Gasteiger partial charge in [-0.05, 0) is 38.8 Å². The van der Waals surface area contributed by atoms with E-state index >= 15 is 0 Å². The van der Waals surface area contributed by atoms with Gasteiger partial charge in [0, 0.05) is 11.6 Å². The van der Waals surface area contributed by atoms with Gasteiger partial charge in [-0.2, -0.15) is 0 Å². The maximum Gasteiger partial charge on any atom is 0.348 e. The molecule has 136 valence electrons. The summed E-state index contributed by atoms with van der Waals surface area (Å²) in [4.78, 5) is 25.0. The van der Waals surface area contributed by atoms with Crippen LogP contribution in [0.1, 0.15) is 37.0 Å². The third-order valence-corrected chi connectivity index (χ3v) is 4.16. The van der Waals surface area contributed by atoms with Gasteiger partial charge in [-0.25, -0.2) is 4.79 Å². The van der Waals surface area contributed by atoms with Gasteiger partial charge in [0.15, 0.2) is 6.10 Å². The van der Waals surface area contributed by atoms with E-state index < -0.39 is 18.2 Å². The number of nitrogens with one attached hydrogen (secondary N) is 1. The second-order valence-electron chi connectivity index (χ2n) is 6.58. The van der Waals surface area contributed by atoms with Gasteiger partial charge in [-0.15, -0.1) is 0 Å². The third-order valence-electron chi connectivity index (χ3n) is 4.16. The Hall–Kier alpha value is -2.82. The molecule has 1 amide bonds. The zero-order valence-corrected chi connectivity index (χ0v) is 15.0. The molecular formula is C21H23NO4. The summed E-state index contributed by atoms with van der Waals surface area (Å²) in [6, 6.07) is 16.6. The van der Waals surface area contributed by atoms with Gasteiger partial charge in [0.1, 0.15) is 5.75 Å². The van der Waals surface area contributed by atoms with E-state index in [9.17, 15) is 9.59 Å². The molecule has 5 heteroatoms. The van der Waals surface area contributed by atoms with Crippen molar-refractivity contribution >= 4 is 11.9 Å². The molecular weight excluding hydrogens is 330 g/mol. The van der Waals surface area contributed by atoms with Crippen molar-refractivity contribution in [1.82, 2.24) is 5.32 Å². The molecule has 0 unspecified atom stereocenters. The normalized spacial score (nSPS) is 15.6. The summed E-state index contributed by atoms with van der Waals surface area (Å²) >= 11 is 0. The van der Waals surface area contributed by atoms with Crippen LogP contribution in [0, 0.1) is 6.92 Å². The molecule has 2 atom stereocenters. The number of hydrogen-bond acceptors (Lipinski definition) is 4. The van der Waals surface area contributed by atoms with E-state index in [4.69, 9.17) is 9.47 Å². The standard InChI is InChI=1S/C21H23NO4/c1-14-8-12-18(13-9-14)25-15(2)21(24)26-19(16-6-4-3-5-7-16)20(23)22-17-10-11-17/h3-9,12-13,15,17,19H,10-11H2,1-2H3,(H,22,23)/t15-,19-/m0/s1. The maximum atomic E-state index is 12.5. The topological polar surface area (TPSA) is 64.6 Å². The van der Waals surface area contributed by atoms with E-state index in [1.54, 1.807) is 31.2 Å². The van der Waals surface area contributed by atoms with Crippen LogP contribution < -0.4 is 10.1 Å². The van der Waals surface area contributed by atoms with Gasteiger partial charge in [0.25, 0.3) is 5.91 Å². The molecule has 1 saturated carbocycles. The molecule has 2 aromatic carbocycles. The molecule has 1 aliphatic carbocycles. The number of aryl methyl sites for hydroxylation is 1. The number of hydrogen-bond donors (Lipinski definition) is 1. The predicted octanol–water partition coefficient (Wildman–Crippen LogP) is 3.33. The minimum Gasteiger partial charge on any atom is -0.479 e. The largest absolute Gasteiger partial charge is 0.479 e. The van der Waals surface area contributed by atoms with Gasteiger partial charge < -0.3 is 14.8 Å². The van der Waals surface area contributed by atoms with Crippen molar-refractivity contribution in [2.75, 3.05) is 0 Å². The average Bonchev–Trinajstić information content (AvgIpc) is 3.46. The smallest absolute Gasteiger partial charge is 0.348 e. The van der Waals surface area contributed by atoms with Crippen LogP contribution in [0.25, 0.3) is 0 Å². The van der Waals surface area contributed by atoms with Crippen molar-refractivity contribution in [3.63, 3.8) is 0 Å². The van der Waals surface area contributed by atoms with Crippen LogP contribution in [0.15, 0.2) is 54.6 Å². The number of carbonyl (C=O) groups excluding carboxylic acids is 2. The van der Waals surface area contributed by atoms with Crippen molar-refractivity contribution in [2.45, 2.75) is 44.9 Å². The van der Waals surface area contributed by atoms with Crippen molar-refractivity contribution in [1.29, 1.82) is 0 Å². The summed E-state index contributed by atoms with van der Waals surface area (Å²) < 4.78 is 11.1. The molecule has 0 saturated heterocycles. The molecule has 1 fully saturated rings. The lowest BCUT2D eigenvalue weighted by molar-refractivity contribution is -0.162. The van der Waals surface area contributed by atoms with Crippen LogP contribution in [0.2, 0.25) is 0 Å². The first kappa shape index (κ1) is 18.0. The van der Waals surface area contributed by atoms with Crippen LogP contribution in [-0.4, -0.2) is 24.0 Å². The van der Waals surface area contributed by atoms with E-state index in [0.29, 0.717) is 11.3 Å². The number of rotatable bonds is 7. The molecule has 2 aromatic rings. The van der Waals surface area contributed by atoms with Crippen LogP contribution >= 0.6 is 0 Å². The number of benzene rings is 2. The molecule has 3 rings (SSSR count). The average molecular weight is 353 g/mol. The Morgan fingerprint density at radius 1 is 1.04 bits per heavy atom. The fourth-order valence-electron chi connectivity index (χ4n) is 2.49. The Morgan fingerprint density at radius 3 is 2.31 bits per heavy atom. The molecule has 5 nitrogen and oxygen atoms in total. The first-order valence-electron chi connectivity index (χ1n) is 8.82. The molecule has 0 bridgehead atoms. The van der Waals surface area contributed by atoms with Crippen LogP contribution in [0.3, 0.4) is 0 Å². The van der Waals surface area contributed by atoms with Crippen molar-refractivity contribution in [3.05, 3.63) is 65.7 Å². The van der Waals surface area contributed by atoms with Gasteiger partial charge in [-0.1, -0.05) is 48.0 Å². The zero-order valence-electron chi connectivity index (χ0n) is 15.0. The van der Waals surface area contributed by atoms with Gasteiger partial charge >= 0.3 is 5.97 Å². The first-order valence-corrected chi connectivity index (χ1v) is 8.82. The highest BCUT2D eigenvalue weighted by molar-refractivity contribution is 5.86. The Balaban J connectivity index is 1.67. The second-order valence-corrected chi connectivity index (χ2v) is 6.58. The highest BCUT2D eigenvalue weighted by Crippen LogP contribution is 2.24. The van der Waals surface area contributed by atoms with E-state index in [-0.39, 0.29) is 11.9 Å². The Morgan fingerprint density at radius 2 is 1.69 bits per heavy atom. The number of carbonyl (C=O) groups is 2. The molecule has 0 aromatic heterocycles. The Labute approximate surface area is 153 Å². The lowest BCUT2D eigenvalue weighted by atomic mass is 10.1. The van der Waals surface area contributed by atoms with Gasteiger partial charge in [-0.3, -0.25) is 4.79 Å². The first-order chi connectivity index (χ1) is 12.5. The number of esters is 1. The Kier molecular flexibility index (Phi) is 5.56. The van der Waals surface area contributed by atoms with Crippen molar-refractivity contribution < 1.29 is 19.1 Å². The molecule has 0 spiro atoms. The van der Waals surface area contributed by atoms with Crippen LogP contribution in [0.4, 0.5) is 0 Å². The minimum absolute atomic E-state index is 0.189. The van der Waals surface area contributed by atoms with E-state index in [0.717, 1.165) is 18.4 Å². The zero-order chi connectivity index (χ0) is 18.5. The van der Waals surface area contributed by atoms with Crippen molar-refractivity contribution in [2.24, 2.45) is 0 Å². The highest BCUT2D eigenvalue weighted by atomic mass is 16.6. The molecule has 26 heavy (non-hydrogen) atoms. The maximum absolute atomic E-state index is 12.5. The summed E-state index contributed by atoms with van der Waals surface area (Å²) in [5, 5.41) is 2.90. The molecule has 0 heterocycles. The summed E-state index contributed by atoms with van der Waals surface area (Å²) in [7, 11) is 0. The van der Waals surface area contributed by atoms with Crippen LogP contribution in [0.5, 0.6) is 5.75 Å². The monoisotopic (exact) mass is 353 g/mol. The lowest BCUT2D eigenvalue weighted by Gasteiger charge is -2.21. The van der Waals surface area contributed by atoms with E-state index in [2.05, 4.69) is 5.32 Å². The minimum atomic E-state index is -0.978. The summed E-state index contributed by atoms with van der Waals surface area (Å²) in [5.41, 5.74) is 1.75.